The lowest BCUT2D eigenvalue weighted by Crippen LogP contribution is -2.27. The van der Waals surface area contributed by atoms with Crippen LogP contribution in [-0.2, 0) is 17.9 Å². The summed E-state index contributed by atoms with van der Waals surface area (Å²) in [6, 6.07) is 17.8. The predicted molar refractivity (Wildman–Crippen MR) is 155 cm³/mol. The van der Waals surface area contributed by atoms with Crippen molar-refractivity contribution in [1.82, 2.24) is 0 Å². The summed E-state index contributed by atoms with van der Waals surface area (Å²) in [5.41, 5.74) is 4.45. The summed E-state index contributed by atoms with van der Waals surface area (Å²) in [4.78, 5) is 14.6. The van der Waals surface area contributed by atoms with Gasteiger partial charge in [0, 0.05) is 35.1 Å². The topological polar surface area (TPSA) is 38.8 Å². The van der Waals surface area contributed by atoms with Crippen LogP contribution >= 0.6 is 22.6 Å². The van der Waals surface area contributed by atoms with E-state index >= 15 is 4.39 Å². The van der Waals surface area contributed by atoms with Gasteiger partial charge in [-0.3, -0.25) is 4.79 Å². The molecular formula is C31H35FINO3. The zero-order valence-corrected chi connectivity index (χ0v) is 24.2. The van der Waals surface area contributed by atoms with Crippen LogP contribution in [0.1, 0.15) is 60.8 Å². The Morgan fingerprint density at radius 2 is 1.51 bits per heavy atom. The fourth-order valence-corrected chi connectivity index (χ4v) is 6.14. The van der Waals surface area contributed by atoms with Crippen molar-refractivity contribution in [3.05, 3.63) is 86.2 Å². The van der Waals surface area contributed by atoms with Crippen LogP contribution in [0.15, 0.2) is 54.6 Å². The monoisotopic (exact) mass is 615 g/mol. The van der Waals surface area contributed by atoms with Crippen molar-refractivity contribution in [3.63, 3.8) is 0 Å². The van der Waals surface area contributed by atoms with Crippen molar-refractivity contribution in [2.45, 2.75) is 58.5 Å². The molecule has 0 aliphatic heterocycles. The van der Waals surface area contributed by atoms with Gasteiger partial charge in [0.25, 0.3) is 0 Å². The smallest absolute Gasteiger partial charge is 0.151 e. The highest BCUT2D eigenvalue weighted by Crippen LogP contribution is 2.44. The molecule has 0 saturated heterocycles. The van der Waals surface area contributed by atoms with Gasteiger partial charge in [0.15, 0.2) is 5.82 Å². The number of ether oxygens (including phenoxy) is 2. The maximum atomic E-state index is 16.6. The van der Waals surface area contributed by atoms with Crippen molar-refractivity contribution in [1.29, 1.82) is 0 Å². The lowest BCUT2D eigenvalue weighted by atomic mass is 9.73. The number of benzene rings is 3. The standard InChI is InChI=1S/C31H35FINO3/c1-5-23-10-11-24(35)17-27(23)29-30(32)28(16-20(2)31(29)33)34(18-21-6-12-25(36-3)13-7-21)19-22-8-14-26(37-4)15-9-22/h6-9,12-16,23,27H,5,10-11,17-19H2,1-4H3. The summed E-state index contributed by atoms with van der Waals surface area (Å²) in [6.45, 7) is 5.26. The van der Waals surface area contributed by atoms with E-state index in [1.54, 1.807) is 14.2 Å². The lowest BCUT2D eigenvalue weighted by Gasteiger charge is -2.34. The second-order valence-corrected chi connectivity index (χ2v) is 10.9. The molecule has 37 heavy (non-hydrogen) atoms. The summed E-state index contributed by atoms with van der Waals surface area (Å²) in [6.07, 6.45) is 2.80. The molecule has 0 amide bonds. The number of hydrogen-bond acceptors (Lipinski definition) is 4. The van der Waals surface area contributed by atoms with Crippen molar-refractivity contribution >= 4 is 34.1 Å². The number of carbonyl (C=O) groups excluding carboxylic acids is 1. The molecule has 0 aromatic heterocycles. The van der Waals surface area contributed by atoms with Crippen LogP contribution in [0, 0.1) is 22.2 Å². The summed E-state index contributed by atoms with van der Waals surface area (Å²) < 4.78 is 28.2. The van der Waals surface area contributed by atoms with E-state index < -0.39 is 0 Å². The molecule has 0 N–H and O–H groups in total. The third-order valence-corrected chi connectivity index (χ3v) is 8.94. The Labute approximate surface area is 233 Å². The molecule has 3 aromatic rings. The van der Waals surface area contributed by atoms with Gasteiger partial charge in [0.2, 0.25) is 0 Å². The first-order valence-corrected chi connectivity index (χ1v) is 13.9. The Morgan fingerprint density at radius 3 is 2.00 bits per heavy atom. The van der Waals surface area contributed by atoms with E-state index in [0.29, 0.717) is 43.1 Å². The predicted octanol–water partition coefficient (Wildman–Crippen LogP) is 7.83. The molecule has 3 aromatic carbocycles. The summed E-state index contributed by atoms with van der Waals surface area (Å²) in [5, 5.41) is 0. The number of halogens is 2. The van der Waals surface area contributed by atoms with Crippen LogP contribution < -0.4 is 14.4 Å². The van der Waals surface area contributed by atoms with Gasteiger partial charge in [-0.05, 0) is 94.8 Å². The molecule has 1 aliphatic carbocycles. The van der Waals surface area contributed by atoms with Gasteiger partial charge in [-0.15, -0.1) is 0 Å². The Bertz CT molecular complexity index is 1180. The number of rotatable bonds is 9. The van der Waals surface area contributed by atoms with Crippen molar-refractivity contribution < 1.29 is 18.7 Å². The molecule has 4 nitrogen and oxygen atoms in total. The molecule has 0 spiro atoms. The first kappa shape index (κ1) is 27.4. The third kappa shape index (κ3) is 6.28. The average Bonchev–Trinajstić information content (AvgIpc) is 2.91. The Hall–Kier alpha value is -2.61. The van der Waals surface area contributed by atoms with Gasteiger partial charge in [0.1, 0.15) is 17.3 Å². The SMILES string of the molecule is CCC1CCC(=O)CC1c1c(F)c(N(Cc2ccc(OC)cc2)Cc2ccc(OC)cc2)cc(C)c1I. The summed E-state index contributed by atoms with van der Waals surface area (Å²) in [5.74, 6) is 1.84. The van der Waals surface area contributed by atoms with E-state index in [2.05, 4.69) is 34.4 Å². The molecular weight excluding hydrogens is 580 g/mol. The molecule has 0 bridgehead atoms. The first-order chi connectivity index (χ1) is 17.8. The van der Waals surface area contributed by atoms with Gasteiger partial charge < -0.3 is 14.4 Å². The van der Waals surface area contributed by atoms with Crippen LogP contribution in [0.2, 0.25) is 0 Å². The summed E-state index contributed by atoms with van der Waals surface area (Å²) in [7, 11) is 3.30. The zero-order chi connectivity index (χ0) is 26.5. The van der Waals surface area contributed by atoms with Gasteiger partial charge in [0.05, 0.1) is 19.9 Å². The fourth-order valence-electron chi connectivity index (χ4n) is 5.35. The maximum Gasteiger partial charge on any atom is 0.151 e. The molecule has 1 aliphatic rings. The number of ketones is 1. The van der Waals surface area contributed by atoms with Crippen LogP contribution in [0.5, 0.6) is 11.5 Å². The van der Waals surface area contributed by atoms with Gasteiger partial charge in [-0.2, -0.15) is 0 Å². The molecule has 2 atom stereocenters. The summed E-state index contributed by atoms with van der Waals surface area (Å²) >= 11 is 2.27. The molecule has 6 heteroatoms. The van der Waals surface area contributed by atoms with E-state index in [0.717, 1.165) is 44.6 Å². The van der Waals surface area contributed by atoms with Crippen LogP contribution in [0.4, 0.5) is 10.1 Å². The average molecular weight is 616 g/mol. The minimum atomic E-state index is -0.199. The quantitative estimate of drug-likeness (QED) is 0.230. The van der Waals surface area contributed by atoms with E-state index in [-0.39, 0.29) is 17.5 Å². The highest BCUT2D eigenvalue weighted by atomic mass is 127. The maximum absolute atomic E-state index is 16.6. The molecule has 4 rings (SSSR count). The second kappa shape index (κ2) is 12.3. The van der Waals surface area contributed by atoms with Crippen molar-refractivity contribution in [2.75, 3.05) is 19.1 Å². The highest BCUT2D eigenvalue weighted by molar-refractivity contribution is 14.1. The van der Waals surface area contributed by atoms with Gasteiger partial charge >= 0.3 is 0 Å². The number of nitrogens with zero attached hydrogens (tertiary/aromatic N) is 1. The minimum absolute atomic E-state index is 0.0828. The number of carbonyl (C=O) groups is 1. The number of aryl methyl sites for hydroxylation is 1. The molecule has 1 fully saturated rings. The van der Waals surface area contributed by atoms with E-state index in [9.17, 15) is 4.79 Å². The number of methoxy groups -OCH3 is 2. The van der Waals surface area contributed by atoms with Gasteiger partial charge in [-0.25, -0.2) is 4.39 Å². The van der Waals surface area contributed by atoms with Crippen LogP contribution in [0.3, 0.4) is 0 Å². The van der Waals surface area contributed by atoms with Crippen LogP contribution in [0.25, 0.3) is 0 Å². The van der Waals surface area contributed by atoms with E-state index in [4.69, 9.17) is 9.47 Å². The van der Waals surface area contributed by atoms with Gasteiger partial charge in [-0.1, -0.05) is 37.6 Å². The lowest BCUT2D eigenvalue weighted by molar-refractivity contribution is -0.121. The molecule has 1 saturated carbocycles. The largest absolute Gasteiger partial charge is 0.497 e. The van der Waals surface area contributed by atoms with E-state index in [1.165, 1.54) is 0 Å². The number of Topliss-reactive ketones (excluding diaryl/α,β-unsaturated/α-hetero) is 1. The molecule has 0 radical (unpaired) electrons. The molecule has 196 valence electrons. The van der Waals surface area contributed by atoms with Crippen molar-refractivity contribution in [3.8, 4) is 11.5 Å². The van der Waals surface area contributed by atoms with Crippen molar-refractivity contribution in [2.24, 2.45) is 5.92 Å². The normalized spacial score (nSPS) is 17.5. The Balaban J connectivity index is 1.78. The first-order valence-electron chi connectivity index (χ1n) is 12.9. The molecule has 0 heterocycles. The third-order valence-electron chi connectivity index (χ3n) is 7.51. The fraction of sp³-hybridized carbons (Fsp3) is 0.387. The molecule has 2 unspecified atom stereocenters. The van der Waals surface area contributed by atoms with E-state index in [1.807, 2.05) is 61.5 Å². The second-order valence-electron chi connectivity index (χ2n) is 9.86. The minimum Gasteiger partial charge on any atom is -0.497 e. The Morgan fingerprint density at radius 1 is 0.973 bits per heavy atom. The Kier molecular flexibility index (Phi) is 9.11. The number of hydrogen-bond donors (Lipinski definition) is 0. The van der Waals surface area contributed by atoms with Crippen LogP contribution in [-0.4, -0.2) is 20.0 Å². The number of anilines is 1. The zero-order valence-electron chi connectivity index (χ0n) is 22.0. The highest BCUT2D eigenvalue weighted by Gasteiger charge is 2.34.